The summed E-state index contributed by atoms with van der Waals surface area (Å²) in [6.07, 6.45) is -6.34. The van der Waals surface area contributed by atoms with Crippen LogP contribution in [-0.2, 0) is 25.5 Å². The zero-order chi connectivity index (χ0) is 26.0. The van der Waals surface area contributed by atoms with Gasteiger partial charge in [-0.15, -0.1) is 0 Å². The number of carbonyl (C=O) groups is 2. The third kappa shape index (κ3) is 5.46. The van der Waals surface area contributed by atoms with Gasteiger partial charge in [-0.3, -0.25) is 4.79 Å². The minimum atomic E-state index is -4.62. The summed E-state index contributed by atoms with van der Waals surface area (Å²) in [7, 11) is 2.11. The van der Waals surface area contributed by atoms with Crippen molar-refractivity contribution in [1.29, 1.82) is 0 Å². The Hall–Kier alpha value is -2.65. The van der Waals surface area contributed by atoms with Gasteiger partial charge in [0.05, 0.1) is 18.6 Å². The Bertz CT molecular complexity index is 1110. The van der Waals surface area contributed by atoms with Crippen LogP contribution in [0.4, 0.5) is 17.6 Å². The number of methoxy groups -OCH3 is 2. The Morgan fingerprint density at radius 3 is 2.17 bits per heavy atom. The Balaban J connectivity index is 1.81. The summed E-state index contributed by atoms with van der Waals surface area (Å²) < 4.78 is 64.3. The van der Waals surface area contributed by atoms with Crippen molar-refractivity contribution in [3.8, 4) is 11.1 Å². The number of halogens is 5. The number of nitrogens with one attached hydrogen (secondary N) is 1. The number of benzene rings is 2. The molecule has 1 N–H and O–H groups in total. The predicted molar refractivity (Wildman–Crippen MR) is 122 cm³/mol. The molecular weight excluding hydrogens is 490 g/mol. The molecule has 2 aromatic carbocycles. The van der Waals surface area contributed by atoms with Crippen LogP contribution in [0.2, 0.25) is 5.02 Å². The van der Waals surface area contributed by atoms with Gasteiger partial charge >= 0.3 is 12.1 Å². The van der Waals surface area contributed by atoms with Gasteiger partial charge in [-0.05, 0) is 67.0 Å². The molecule has 190 valence electrons. The normalized spacial score (nSPS) is 22.5. The van der Waals surface area contributed by atoms with E-state index in [-0.39, 0.29) is 24.3 Å². The summed E-state index contributed by atoms with van der Waals surface area (Å²) in [6, 6.07) is 9.64. The topological polar surface area (TPSA) is 64.6 Å². The Labute approximate surface area is 205 Å². The highest BCUT2D eigenvalue weighted by atomic mass is 35.5. The fraction of sp³-hybridized carbons (Fsp3) is 0.440. The zero-order valence-corrected chi connectivity index (χ0v) is 20.3. The maximum absolute atomic E-state index is 13.9. The van der Waals surface area contributed by atoms with Crippen LogP contribution >= 0.6 is 11.6 Å². The lowest BCUT2D eigenvalue weighted by Gasteiger charge is -2.44. The molecule has 2 aromatic rings. The molecule has 0 unspecified atom stereocenters. The fourth-order valence-corrected chi connectivity index (χ4v) is 4.58. The van der Waals surface area contributed by atoms with Crippen molar-refractivity contribution in [3.05, 3.63) is 58.4 Å². The van der Waals surface area contributed by atoms with E-state index in [9.17, 15) is 27.2 Å². The van der Waals surface area contributed by atoms with Crippen molar-refractivity contribution >= 4 is 23.5 Å². The molecule has 0 radical (unpaired) electrons. The smallest absolute Gasteiger partial charge is 0.417 e. The summed E-state index contributed by atoms with van der Waals surface area (Å²) in [5.41, 5.74) is -1.35. The first-order valence-electron chi connectivity index (χ1n) is 10.9. The molecule has 35 heavy (non-hydrogen) atoms. The van der Waals surface area contributed by atoms with Crippen LogP contribution in [-0.4, -0.2) is 43.4 Å². The number of hydrogen-bond donors (Lipinski definition) is 1. The predicted octanol–water partition coefficient (Wildman–Crippen LogP) is 5.55. The number of hydrogen-bond acceptors (Lipinski definition) is 4. The lowest BCUT2D eigenvalue weighted by atomic mass is 9.73. The zero-order valence-electron chi connectivity index (χ0n) is 19.5. The van der Waals surface area contributed by atoms with Crippen LogP contribution in [0, 0.1) is 12.7 Å². The van der Waals surface area contributed by atoms with Crippen molar-refractivity contribution in [1.82, 2.24) is 5.32 Å². The summed E-state index contributed by atoms with van der Waals surface area (Å²) in [6.45, 7) is 1.79. The molecule has 0 heterocycles. The van der Waals surface area contributed by atoms with Crippen LogP contribution in [0.5, 0.6) is 0 Å². The summed E-state index contributed by atoms with van der Waals surface area (Å²) in [5, 5.41) is 2.62. The van der Waals surface area contributed by atoms with Crippen molar-refractivity contribution < 1.29 is 36.6 Å². The minimum Gasteiger partial charge on any atom is -0.467 e. The molecule has 10 heteroatoms. The maximum atomic E-state index is 13.9. The molecule has 5 nitrogen and oxygen atoms in total. The fourth-order valence-electron chi connectivity index (χ4n) is 4.46. The standard InChI is InChI=1S/C25H26ClF4NO4/c1-15-4-5-16(17-6-7-19(26)20(27)13-17)12-18(15)14-21(32)31-23(22(33)34-2)8-10-24(35-3,11-9-23)25(28,29)30/h4-7,12-13H,8-11,14H2,1-3H3,(H,31,32). The molecule has 0 spiro atoms. The SMILES string of the molecule is COC(=O)C1(NC(=O)Cc2cc(-c3ccc(Cl)c(F)c3)ccc2C)CCC(OC)(C(F)(F)F)CC1. The lowest BCUT2D eigenvalue weighted by Crippen LogP contribution is -2.62. The van der Waals surface area contributed by atoms with Crippen LogP contribution in [0.3, 0.4) is 0 Å². The van der Waals surface area contributed by atoms with Crippen molar-refractivity contribution in [2.24, 2.45) is 0 Å². The third-order valence-corrected chi connectivity index (χ3v) is 7.03. The third-order valence-electron chi connectivity index (χ3n) is 6.73. The number of aryl methyl sites for hydroxylation is 1. The molecule has 0 atom stereocenters. The van der Waals surface area contributed by atoms with Gasteiger partial charge in [0.1, 0.15) is 11.4 Å². The van der Waals surface area contributed by atoms with Gasteiger partial charge in [-0.25, -0.2) is 9.18 Å². The van der Waals surface area contributed by atoms with E-state index >= 15 is 0 Å². The molecule has 1 aliphatic rings. The average molecular weight is 516 g/mol. The first-order chi connectivity index (χ1) is 16.4. The van der Waals surface area contributed by atoms with Crippen LogP contribution in [0.15, 0.2) is 36.4 Å². The average Bonchev–Trinajstić information content (AvgIpc) is 2.81. The molecular formula is C25H26ClF4NO4. The number of ether oxygens (including phenoxy) is 2. The van der Waals surface area contributed by atoms with Crippen molar-refractivity contribution in [2.45, 2.75) is 56.3 Å². The first kappa shape index (κ1) is 26.9. The highest BCUT2D eigenvalue weighted by molar-refractivity contribution is 6.30. The maximum Gasteiger partial charge on any atom is 0.417 e. The van der Waals surface area contributed by atoms with Crippen LogP contribution in [0.1, 0.15) is 36.8 Å². The summed E-state index contributed by atoms with van der Waals surface area (Å²) >= 11 is 5.75. The molecule has 1 fully saturated rings. The van der Waals surface area contributed by atoms with E-state index in [1.54, 1.807) is 31.2 Å². The number of amides is 1. The van der Waals surface area contributed by atoms with Crippen molar-refractivity contribution in [3.63, 3.8) is 0 Å². The van der Waals surface area contributed by atoms with Crippen molar-refractivity contribution in [2.75, 3.05) is 14.2 Å². The number of esters is 1. The lowest BCUT2D eigenvalue weighted by molar-refractivity contribution is -0.282. The molecule has 0 saturated heterocycles. The summed E-state index contributed by atoms with van der Waals surface area (Å²) in [4.78, 5) is 25.6. The second-order valence-corrected chi connectivity index (χ2v) is 9.17. The Morgan fingerprint density at radius 2 is 1.63 bits per heavy atom. The quantitative estimate of drug-likeness (QED) is 0.405. The van der Waals surface area contributed by atoms with Gasteiger partial charge in [-0.2, -0.15) is 13.2 Å². The number of alkyl halides is 3. The number of rotatable bonds is 6. The molecule has 3 rings (SSSR count). The summed E-state index contributed by atoms with van der Waals surface area (Å²) in [5.74, 6) is -1.93. The minimum absolute atomic E-state index is 0.0101. The highest BCUT2D eigenvalue weighted by Crippen LogP contribution is 2.47. The van der Waals surface area contributed by atoms with Gasteiger partial charge in [0, 0.05) is 7.11 Å². The molecule has 1 saturated carbocycles. The van der Waals surface area contributed by atoms with Gasteiger partial charge in [0.2, 0.25) is 5.91 Å². The van der Waals surface area contributed by atoms with E-state index in [0.717, 1.165) is 19.8 Å². The largest absolute Gasteiger partial charge is 0.467 e. The van der Waals surface area contributed by atoms with E-state index in [0.29, 0.717) is 16.7 Å². The molecule has 0 aromatic heterocycles. The van der Waals surface area contributed by atoms with Gasteiger partial charge in [0.15, 0.2) is 5.60 Å². The molecule has 1 amide bonds. The van der Waals surface area contributed by atoms with E-state index in [1.165, 1.54) is 12.1 Å². The van der Waals surface area contributed by atoms with Crippen LogP contribution < -0.4 is 5.32 Å². The van der Waals surface area contributed by atoms with Crippen LogP contribution in [0.25, 0.3) is 11.1 Å². The molecule has 0 aliphatic heterocycles. The second-order valence-electron chi connectivity index (χ2n) is 8.76. The first-order valence-corrected chi connectivity index (χ1v) is 11.3. The van der Waals surface area contributed by atoms with Gasteiger partial charge in [0.25, 0.3) is 0 Å². The van der Waals surface area contributed by atoms with E-state index < -0.39 is 47.9 Å². The van der Waals surface area contributed by atoms with E-state index in [1.807, 2.05) is 0 Å². The Morgan fingerprint density at radius 1 is 1.03 bits per heavy atom. The highest BCUT2D eigenvalue weighted by Gasteiger charge is 2.60. The monoisotopic (exact) mass is 515 g/mol. The Kier molecular flexibility index (Phi) is 7.81. The molecule has 0 bridgehead atoms. The number of carbonyl (C=O) groups excluding carboxylic acids is 2. The van der Waals surface area contributed by atoms with E-state index in [2.05, 4.69) is 5.32 Å². The van der Waals surface area contributed by atoms with Gasteiger partial charge in [-0.1, -0.05) is 35.9 Å². The second kappa shape index (κ2) is 10.1. The molecule has 1 aliphatic carbocycles. The van der Waals surface area contributed by atoms with Gasteiger partial charge < -0.3 is 14.8 Å². The van der Waals surface area contributed by atoms with E-state index in [4.69, 9.17) is 21.1 Å².